The zero-order chi connectivity index (χ0) is 24.2. The van der Waals surface area contributed by atoms with Crippen molar-refractivity contribution in [2.75, 3.05) is 25.0 Å². The molecular weight excluding hydrogens is 492 g/mol. The third-order valence-corrected chi connectivity index (χ3v) is 4.87. The molecule has 1 aromatic carbocycles. The fourth-order valence-corrected chi connectivity index (χ4v) is 3.51. The van der Waals surface area contributed by atoms with Gasteiger partial charge in [0.05, 0.1) is 5.52 Å². The molecule has 0 fully saturated rings. The van der Waals surface area contributed by atoms with Crippen LogP contribution in [0.2, 0.25) is 5.02 Å². The molecule has 7 N–H and O–H groups in total. The third-order valence-electron chi connectivity index (χ3n) is 3.82. The van der Waals surface area contributed by atoms with E-state index in [1.807, 2.05) is 18.2 Å². The molecule has 1 heterocycles. The van der Waals surface area contributed by atoms with Gasteiger partial charge in [0.25, 0.3) is 0 Å². The molecule has 0 spiro atoms. The van der Waals surface area contributed by atoms with Crippen molar-refractivity contribution in [1.82, 2.24) is 9.27 Å². The molecule has 1 unspecified atom stereocenters. The van der Waals surface area contributed by atoms with Crippen LogP contribution < -0.4 is 5.32 Å². The Morgan fingerprint density at radius 1 is 1.10 bits per heavy atom. The Hall–Kier alpha value is -0.620. The SMILES string of the molecule is CCN(CC)CCCC(C)Nc1snc2cc(Cl)ccc12.O=P(O)(O)O.O=P(O)(O)O. The first-order chi connectivity index (χ1) is 14.1. The van der Waals surface area contributed by atoms with Crippen molar-refractivity contribution in [2.45, 2.75) is 39.7 Å². The number of nitrogens with one attached hydrogen (secondary N) is 1. The molecule has 0 aliphatic rings. The summed E-state index contributed by atoms with van der Waals surface area (Å²) in [5, 5.41) is 6.65. The number of hydrogen-bond acceptors (Lipinski definition) is 6. The number of hydrogen-bond donors (Lipinski definition) is 7. The third kappa shape index (κ3) is 17.6. The van der Waals surface area contributed by atoms with E-state index in [1.165, 1.54) is 36.3 Å². The van der Waals surface area contributed by atoms with E-state index in [1.54, 1.807) is 0 Å². The van der Waals surface area contributed by atoms with Crippen molar-refractivity contribution in [3.8, 4) is 0 Å². The zero-order valence-electron chi connectivity index (χ0n) is 17.4. The van der Waals surface area contributed by atoms with E-state index in [-0.39, 0.29) is 0 Å². The molecule has 31 heavy (non-hydrogen) atoms. The summed E-state index contributed by atoms with van der Waals surface area (Å²) in [7, 11) is -9.28. The summed E-state index contributed by atoms with van der Waals surface area (Å²) >= 11 is 7.52. The lowest BCUT2D eigenvalue weighted by Crippen LogP contribution is -2.25. The van der Waals surface area contributed by atoms with E-state index in [4.69, 9.17) is 50.1 Å². The monoisotopic (exact) mass is 521 g/mol. The van der Waals surface area contributed by atoms with E-state index in [0.717, 1.165) is 28.6 Å². The normalized spacial score (nSPS) is 12.6. The lowest BCUT2D eigenvalue weighted by molar-refractivity contribution is 0.272. The lowest BCUT2D eigenvalue weighted by Gasteiger charge is -2.19. The van der Waals surface area contributed by atoms with Crippen molar-refractivity contribution in [2.24, 2.45) is 0 Å². The van der Waals surface area contributed by atoms with E-state index in [9.17, 15) is 0 Å². The summed E-state index contributed by atoms with van der Waals surface area (Å²) in [4.78, 5) is 45.6. The van der Waals surface area contributed by atoms with Crippen LogP contribution in [0.5, 0.6) is 0 Å². The lowest BCUT2D eigenvalue weighted by atomic mass is 10.1. The average molecular weight is 522 g/mol. The van der Waals surface area contributed by atoms with Gasteiger partial charge in [-0.3, -0.25) is 0 Å². The Morgan fingerprint density at radius 2 is 1.61 bits per heavy atom. The molecule has 1 atom stereocenters. The minimum Gasteiger partial charge on any atom is -0.373 e. The molecule has 0 bridgehead atoms. The van der Waals surface area contributed by atoms with E-state index in [2.05, 4.69) is 35.4 Å². The van der Waals surface area contributed by atoms with Crippen LogP contribution in [0, 0.1) is 0 Å². The Bertz CT molecular complexity index is 835. The summed E-state index contributed by atoms with van der Waals surface area (Å²) < 4.78 is 22.2. The Balaban J connectivity index is 0.000000752. The second-order valence-electron chi connectivity index (χ2n) is 6.41. The smallest absolute Gasteiger partial charge is 0.373 e. The van der Waals surface area contributed by atoms with Gasteiger partial charge in [0.1, 0.15) is 5.00 Å². The van der Waals surface area contributed by atoms with Crippen LogP contribution in [0.25, 0.3) is 10.9 Å². The summed E-state index contributed by atoms with van der Waals surface area (Å²) in [5.74, 6) is 0. The molecular formula is C16H30ClN3O8P2S. The average Bonchev–Trinajstić information content (AvgIpc) is 2.97. The van der Waals surface area contributed by atoms with Gasteiger partial charge in [0.15, 0.2) is 0 Å². The first-order valence-corrected chi connectivity index (χ1v) is 13.5. The maximum absolute atomic E-state index is 8.88. The molecule has 1 aromatic heterocycles. The molecule has 0 aliphatic carbocycles. The van der Waals surface area contributed by atoms with Gasteiger partial charge in [-0.05, 0) is 69.1 Å². The van der Waals surface area contributed by atoms with Crippen LogP contribution >= 0.6 is 38.8 Å². The fraction of sp³-hybridized carbons (Fsp3) is 0.562. The molecule has 0 saturated heterocycles. The highest BCUT2D eigenvalue weighted by atomic mass is 35.5. The van der Waals surface area contributed by atoms with Gasteiger partial charge < -0.3 is 39.6 Å². The predicted octanol–water partition coefficient (Wildman–Crippen LogP) is 3.01. The minimum absolute atomic E-state index is 0.458. The predicted molar refractivity (Wildman–Crippen MR) is 123 cm³/mol. The van der Waals surface area contributed by atoms with Gasteiger partial charge in [-0.1, -0.05) is 25.4 Å². The van der Waals surface area contributed by atoms with Crippen LogP contribution in [0.1, 0.15) is 33.6 Å². The van der Waals surface area contributed by atoms with Gasteiger partial charge in [-0.25, -0.2) is 9.13 Å². The quantitative estimate of drug-likeness (QED) is 0.253. The molecule has 0 saturated carbocycles. The highest BCUT2D eigenvalue weighted by molar-refractivity contribution is 7.45. The summed E-state index contributed by atoms with van der Waals surface area (Å²) in [6.45, 7) is 10.1. The van der Waals surface area contributed by atoms with Crippen LogP contribution in [0.15, 0.2) is 18.2 Å². The first kappa shape index (κ1) is 30.4. The maximum atomic E-state index is 8.88. The van der Waals surface area contributed by atoms with Gasteiger partial charge in [-0.15, -0.1) is 0 Å². The largest absolute Gasteiger partial charge is 0.466 e. The van der Waals surface area contributed by atoms with E-state index < -0.39 is 15.6 Å². The standard InChI is InChI=1S/C16H24ClN3S.2H3O4P/c1-4-20(5-2)10-6-7-12(3)18-16-14-9-8-13(17)11-15(14)19-21-16;2*1-5(2,3)4/h8-9,11-12,18H,4-7,10H2,1-3H3;2*(H3,1,2,3,4). The topological polar surface area (TPSA) is 184 Å². The second-order valence-corrected chi connectivity index (χ2v) is 9.68. The molecule has 11 nitrogen and oxygen atoms in total. The Labute approximate surface area is 190 Å². The maximum Gasteiger partial charge on any atom is 0.466 e. The number of aromatic nitrogens is 1. The number of nitrogens with zero attached hydrogens (tertiary/aromatic N) is 2. The number of benzene rings is 1. The summed E-state index contributed by atoms with van der Waals surface area (Å²) in [6.07, 6.45) is 2.39. The molecule has 15 heteroatoms. The van der Waals surface area contributed by atoms with E-state index in [0.29, 0.717) is 6.04 Å². The Morgan fingerprint density at radius 3 is 2.10 bits per heavy atom. The number of fused-ring (bicyclic) bond motifs is 1. The molecule has 2 rings (SSSR count). The van der Waals surface area contributed by atoms with Crippen molar-refractivity contribution in [1.29, 1.82) is 0 Å². The number of halogens is 1. The van der Waals surface area contributed by atoms with Crippen LogP contribution in [-0.4, -0.2) is 64.3 Å². The molecule has 0 radical (unpaired) electrons. The van der Waals surface area contributed by atoms with E-state index >= 15 is 0 Å². The van der Waals surface area contributed by atoms with Crippen molar-refractivity contribution < 1.29 is 38.5 Å². The van der Waals surface area contributed by atoms with Crippen LogP contribution in [0.4, 0.5) is 5.00 Å². The van der Waals surface area contributed by atoms with Gasteiger partial charge in [0, 0.05) is 16.5 Å². The highest BCUT2D eigenvalue weighted by Gasteiger charge is 2.10. The number of anilines is 1. The molecule has 180 valence electrons. The summed E-state index contributed by atoms with van der Waals surface area (Å²) in [6, 6.07) is 6.35. The van der Waals surface area contributed by atoms with Crippen molar-refractivity contribution in [3.05, 3.63) is 23.2 Å². The number of rotatable bonds is 8. The highest BCUT2D eigenvalue weighted by Crippen LogP contribution is 2.30. The minimum atomic E-state index is -4.64. The fourth-order valence-electron chi connectivity index (χ4n) is 2.48. The zero-order valence-corrected chi connectivity index (χ0v) is 20.8. The molecule has 2 aromatic rings. The second kappa shape index (κ2) is 14.5. The molecule has 0 amide bonds. The van der Waals surface area contributed by atoms with Crippen LogP contribution in [0.3, 0.4) is 0 Å². The van der Waals surface area contributed by atoms with Crippen molar-refractivity contribution in [3.63, 3.8) is 0 Å². The Kier molecular flexibility index (Phi) is 14.2. The molecule has 0 aliphatic heterocycles. The van der Waals surface area contributed by atoms with Gasteiger partial charge in [-0.2, -0.15) is 4.37 Å². The van der Waals surface area contributed by atoms with Crippen LogP contribution in [-0.2, 0) is 9.13 Å². The van der Waals surface area contributed by atoms with Crippen molar-refractivity contribution >= 4 is 54.7 Å². The van der Waals surface area contributed by atoms with Gasteiger partial charge >= 0.3 is 15.6 Å². The summed E-state index contributed by atoms with van der Waals surface area (Å²) in [5.41, 5.74) is 0.977. The van der Waals surface area contributed by atoms with Gasteiger partial charge in [0.2, 0.25) is 0 Å². The first-order valence-electron chi connectivity index (χ1n) is 9.24. The number of phosphoric acid groups is 2.